The van der Waals surface area contributed by atoms with E-state index in [0.717, 1.165) is 24.5 Å². The number of hydrazone groups is 1. The number of imidazole rings is 1. The van der Waals surface area contributed by atoms with Crippen LogP contribution in [0.1, 0.15) is 42.8 Å². The van der Waals surface area contributed by atoms with Crippen molar-refractivity contribution >= 4 is 12.2 Å². The summed E-state index contributed by atoms with van der Waals surface area (Å²) < 4.78 is 75.0. The zero-order valence-electron chi connectivity index (χ0n) is 22.2. The number of carbonyl (C=O) groups is 1. The molecule has 1 atom stereocenters. The molecule has 0 aliphatic carbocycles. The van der Waals surface area contributed by atoms with E-state index in [0.29, 0.717) is 17.8 Å². The molecule has 5 rings (SSSR count). The van der Waals surface area contributed by atoms with Crippen molar-refractivity contribution in [2.24, 2.45) is 5.10 Å². The van der Waals surface area contributed by atoms with E-state index in [4.69, 9.17) is 4.74 Å². The number of aromatic amines is 1. The molecule has 9 nitrogen and oxygen atoms in total. The van der Waals surface area contributed by atoms with E-state index in [-0.39, 0.29) is 47.2 Å². The van der Waals surface area contributed by atoms with Gasteiger partial charge in [0, 0.05) is 23.5 Å². The minimum Gasteiger partial charge on any atom is -0.494 e. The summed E-state index contributed by atoms with van der Waals surface area (Å²) in [6.07, 6.45) is -0.584. The van der Waals surface area contributed by atoms with Crippen molar-refractivity contribution in [3.05, 3.63) is 82.9 Å². The Labute approximate surface area is 235 Å². The van der Waals surface area contributed by atoms with Crippen LogP contribution in [0.2, 0.25) is 0 Å². The smallest absolute Gasteiger partial charge is 0.417 e. The van der Waals surface area contributed by atoms with E-state index < -0.39 is 34.9 Å². The monoisotopic (exact) mass is 586 g/mol. The number of ether oxygens (including phenoxy) is 1. The number of benzene rings is 2. The van der Waals surface area contributed by atoms with Gasteiger partial charge in [-0.2, -0.15) is 18.3 Å². The number of alkyl halides is 3. The topological polar surface area (TPSA) is 117 Å². The largest absolute Gasteiger partial charge is 0.494 e. The van der Waals surface area contributed by atoms with Gasteiger partial charge in [-0.05, 0) is 43.7 Å². The number of H-pyrrole nitrogens is 1. The lowest BCUT2D eigenvalue weighted by molar-refractivity contribution is -0.152. The van der Waals surface area contributed by atoms with E-state index in [1.165, 1.54) is 42.4 Å². The fraction of sp³-hybridized carbons (Fsp3) is 0.250. The van der Waals surface area contributed by atoms with Gasteiger partial charge in [0.2, 0.25) is 0 Å². The summed E-state index contributed by atoms with van der Waals surface area (Å²) in [5.74, 6) is -3.68. The second-order valence-corrected chi connectivity index (χ2v) is 9.58. The van der Waals surface area contributed by atoms with Crippen molar-refractivity contribution < 1.29 is 36.6 Å². The lowest BCUT2D eigenvalue weighted by Crippen LogP contribution is -2.48. The first-order valence-corrected chi connectivity index (χ1v) is 12.7. The molecule has 1 aliphatic rings. The molecule has 0 fully saturated rings. The van der Waals surface area contributed by atoms with Crippen LogP contribution < -0.4 is 4.74 Å². The fourth-order valence-corrected chi connectivity index (χ4v) is 4.42. The molecule has 0 saturated carbocycles. The summed E-state index contributed by atoms with van der Waals surface area (Å²) in [5.41, 5.74) is -2.56. The Morgan fingerprint density at radius 3 is 2.52 bits per heavy atom. The standard InChI is InChI=1S/C28H23F5N6O3/c1-3-9-42-16-7-8-17(19(10-16)28(31,32)33)24-34-11-15(12-35-24)27(2,26(40)41)39-14-22-21(13-36-39)37-25(38-22)18-5-4-6-20(29)23(18)30/h4-8,10-13H,3,9,14H2,1-2H3,(H,37,38)(H,40,41). The highest BCUT2D eigenvalue weighted by molar-refractivity contribution is 5.83. The minimum atomic E-state index is -4.73. The molecule has 2 N–H and O–H groups in total. The molecule has 1 unspecified atom stereocenters. The van der Waals surface area contributed by atoms with E-state index in [1.807, 2.05) is 6.92 Å². The Morgan fingerprint density at radius 2 is 1.86 bits per heavy atom. The Hall–Kier alpha value is -4.88. The Bertz CT molecular complexity index is 1670. The van der Waals surface area contributed by atoms with Crippen LogP contribution in [0.15, 0.2) is 53.9 Å². The Balaban J connectivity index is 1.45. The molecule has 4 aromatic rings. The molecule has 218 valence electrons. The van der Waals surface area contributed by atoms with Gasteiger partial charge in [0.25, 0.3) is 0 Å². The predicted octanol–water partition coefficient (Wildman–Crippen LogP) is 5.77. The van der Waals surface area contributed by atoms with Crippen molar-refractivity contribution in [2.45, 2.75) is 38.5 Å². The molecule has 3 heterocycles. The molecular formula is C28H23F5N6O3. The minimum absolute atomic E-state index is 0.0293. The third-order valence-electron chi connectivity index (χ3n) is 6.80. The van der Waals surface area contributed by atoms with Gasteiger partial charge < -0.3 is 14.8 Å². The van der Waals surface area contributed by atoms with E-state index >= 15 is 0 Å². The van der Waals surface area contributed by atoms with Crippen LogP contribution in [0.4, 0.5) is 22.0 Å². The molecule has 1 aliphatic heterocycles. The van der Waals surface area contributed by atoms with Gasteiger partial charge >= 0.3 is 12.1 Å². The summed E-state index contributed by atoms with van der Waals surface area (Å²) in [6.45, 7) is 3.28. The zero-order chi connectivity index (χ0) is 30.2. The van der Waals surface area contributed by atoms with Gasteiger partial charge in [-0.3, -0.25) is 5.01 Å². The number of aliphatic carboxylic acids is 1. The number of carboxylic acids is 1. The lowest BCUT2D eigenvalue weighted by Gasteiger charge is -2.36. The van der Waals surface area contributed by atoms with Gasteiger partial charge in [0.15, 0.2) is 23.0 Å². The number of nitrogens with one attached hydrogen (secondary N) is 1. The second kappa shape index (κ2) is 10.8. The summed E-state index contributed by atoms with van der Waals surface area (Å²) in [5, 5.41) is 15.6. The Kier molecular flexibility index (Phi) is 7.39. The molecule has 0 saturated heterocycles. The van der Waals surface area contributed by atoms with Gasteiger partial charge in [-0.15, -0.1) is 0 Å². The highest BCUT2D eigenvalue weighted by atomic mass is 19.4. The number of hydrogen-bond donors (Lipinski definition) is 2. The average molecular weight is 587 g/mol. The fourth-order valence-electron chi connectivity index (χ4n) is 4.42. The molecule has 0 spiro atoms. The van der Waals surface area contributed by atoms with Crippen LogP contribution in [0, 0.1) is 11.6 Å². The normalized spacial score (nSPS) is 14.4. The first-order chi connectivity index (χ1) is 19.9. The predicted molar refractivity (Wildman–Crippen MR) is 140 cm³/mol. The number of fused-ring (bicyclic) bond motifs is 1. The summed E-state index contributed by atoms with van der Waals surface area (Å²) in [6, 6.07) is 7.09. The molecule has 0 amide bonds. The van der Waals surface area contributed by atoms with Crippen molar-refractivity contribution in [3.63, 3.8) is 0 Å². The number of rotatable bonds is 8. The number of carboxylic acid groups (broad SMARTS) is 1. The highest BCUT2D eigenvalue weighted by Crippen LogP contribution is 2.39. The molecule has 14 heteroatoms. The first-order valence-electron chi connectivity index (χ1n) is 12.7. The summed E-state index contributed by atoms with van der Waals surface area (Å²) in [4.78, 5) is 27.8. The average Bonchev–Trinajstić information content (AvgIpc) is 3.40. The maximum atomic E-state index is 14.3. The van der Waals surface area contributed by atoms with Crippen LogP contribution in [0.5, 0.6) is 5.75 Å². The van der Waals surface area contributed by atoms with Gasteiger partial charge in [-0.25, -0.2) is 28.5 Å². The quantitative estimate of drug-likeness (QED) is 0.252. The van der Waals surface area contributed by atoms with Gasteiger partial charge in [0.05, 0.1) is 36.2 Å². The lowest BCUT2D eigenvalue weighted by atomic mass is 9.93. The SMILES string of the molecule is CCCOc1ccc(-c2ncc(C(C)(C(=O)O)N3Cc4[nH]c(-c5cccc(F)c5F)nc4C=N3)cn2)c(C(F)(F)F)c1. The van der Waals surface area contributed by atoms with Crippen molar-refractivity contribution in [2.75, 3.05) is 6.61 Å². The number of hydrogen-bond acceptors (Lipinski definition) is 7. The maximum Gasteiger partial charge on any atom is 0.417 e. The Morgan fingerprint density at radius 1 is 1.12 bits per heavy atom. The molecule has 2 aromatic heterocycles. The van der Waals surface area contributed by atoms with Gasteiger partial charge in [-0.1, -0.05) is 13.0 Å². The number of nitrogens with zero attached hydrogens (tertiary/aromatic N) is 5. The maximum absolute atomic E-state index is 14.3. The third-order valence-corrected chi connectivity index (χ3v) is 6.80. The summed E-state index contributed by atoms with van der Waals surface area (Å²) in [7, 11) is 0. The number of aromatic nitrogens is 4. The molecule has 2 aromatic carbocycles. The third kappa shape index (κ3) is 5.15. The van der Waals surface area contributed by atoms with Crippen molar-refractivity contribution in [3.8, 4) is 28.5 Å². The van der Waals surface area contributed by atoms with Crippen molar-refractivity contribution in [1.29, 1.82) is 0 Å². The molecule has 0 radical (unpaired) electrons. The van der Waals surface area contributed by atoms with Crippen LogP contribution in [-0.4, -0.2) is 48.8 Å². The molecular weight excluding hydrogens is 563 g/mol. The number of halogens is 5. The van der Waals surface area contributed by atoms with Crippen LogP contribution in [0.3, 0.4) is 0 Å². The first kappa shape index (κ1) is 28.6. The summed E-state index contributed by atoms with van der Waals surface area (Å²) >= 11 is 0. The van der Waals surface area contributed by atoms with Crippen LogP contribution in [-0.2, 0) is 23.1 Å². The van der Waals surface area contributed by atoms with Crippen LogP contribution >= 0.6 is 0 Å². The van der Waals surface area contributed by atoms with Crippen LogP contribution in [0.25, 0.3) is 22.8 Å². The van der Waals surface area contributed by atoms with E-state index in [9.17, 15) is 31.9 Å². The highest BCUT2D eigenvalue weighted by Gasteiger charge is 2.44. The second-order valence-electron chi connectivity index (χ2n) is 9.58. The zero-order valence-corrected chi connectivity index (χ0v) is 22.2. The van der Waals surface area contributed by atoms with E-state index in [2.05, 4.69) is 25.0 Å². The molecule has 0 bridgehead atoms. The van der Waals surface area contributed by atoms with Gasteiger partial charge in [0.1, 0.15) is 17.3 Å². The van der Waals surface area contributed by atoms with Crippen molar-refractivity contribution in [1.82, 2.24) is 24.9 Å². The van der Waals surface area contributed by atoms with E-state index in [1.54, 1.807) is 0 Å². The molecule has 42 heavy (non-hydrogen) atoms.